The van der Waals surface area contributed by atoms with Gasteiger partial charge in [0.25, 0.3) is 0 Å². The second-order valence-corrected chi connectivity index (χ2v) is 4.54. The van der Waals surface area contributed by atoms with Crippen molar-refractivity contribution >= 4 is 5.91 Å². The van der Waals surface area contributed by atoms with Crippen molar-refractivity contribution in [3.8, 4) is 0 Å². The summed E-state index contributed by atoms with van der Waals surface area (Å²) < 4.78 is 0. The van der Waals surface area contributed by atoms with Crippen LogP contribution in [0.1, 0.15) is 40.0 Å². The highest BCUT2D eigenvalue weighted by Gasteiger charge is 2.29. The molecule has 1 saturated carbocycles. The van der Waals surface area contributed by atoms with Crippen LogP contribution in [-0.2, 0) is 4.79 Å². The minimum atomic E-state index is -0.309. The molecule has 0 aliphatic heterocycles. The van der Waals surface area contributed by atoms with Crippen molar-refractivity contribution in [3.63, 3.8) is 0 Å². The fourth-order valence-corrected chi connectivity index (χ4v) is 1.52. The zero-order valence-electron chi connectivity index (χ0n) is 9.49. The van der Waals surface area contributed by atoms with E-state index < -0.39 is 0 Å². The van der Waals surface area contributed by atoms with Crippen molar-refractivity contribution in [1.82, 2.24) is 4.90 Å². The van der Waals surface area contributed by atoms with Crippen LogP contribution in [0, 0.1) is 5.92 Å². The quantitative estimate of drug-likeness (QED) is 0.725. The normalized spacial score (nSPS) is 18.4. The van der Waals surface area contributed by atoms with E-state index in [1.165, 1.54) is 12.8 Å². The van der Waals surface area contributed by atoms with Crippen LogP contribution in [0.25, 0.3) is 0 Å². The van der Waals surface area contributed by atoms with E-state index in [1.807, 2.05) is 11.8 Å². The van der Waals surface area contributed by atoms with Crippen LogP contribution in [0.4, 0.5) is 0 Å². The lowest BCUT2D eigenvalue weighted by molar-refractivity contribution is -0.134. The lowest BCUT2D eigenvalue weighted by Gasteiger charge is -2.29. The average Bonchev–Trinajstić information content (AvgIpc) is 2.95. The van der Waals surface area contributed by atoms with Crippen LogP contribution in [0.2, 0.25) is 0 Å². The van der Waals surface area contributed by atoms with Gasteiger partial charge >= 0.3 is 0 Å². The monoisotopic (exact) mass is 198 g/mol. The number of nitrogens with zero attached hydrogens (tertiary/aromatic N) is 1. The van der Waals surface area contributed by atoms with Gasteiger partial charge in [0.2, 0.25) is 5.91 Å². The Balaban J connectivity index is 2.51. The summed E-state index contributed by atoms with van der Waals surface area (Å²) in [6, 6.07) is -0.0307. The van der Waals surface area contributed by atoms with Gasteiger partial charge in [-0.15, -0.1) is 0 Å². The van der Waals surface area contributed by atoms with Gasteiger partial charge in [-0.05, 0) is 39.0 Å². The predicted molar refractivity (Wildman–Crippen MR) is 57.8 cm³/mol. The molecule has 14 heavy (non-hydrogen) atoms. The topological polar surface area (TPSA) is 46.3 Å². The van der Waals surface area contributed by atoms with E-state index in [2.05, 4.69) is 13.8 Å². The molecule has 0 aromatic heterocycles. The molecule has 1 rings (SSSR count). The molecule has 1 aliphatic carbocycles. The second-order valence-electron chi connectivity index (χ2n) is 4.54. The van der Waals surface area contributed by atoms with E-state index in [9.17, 15) is 4.79 Å². The number of carbonyl (C=O) groups is 1. The third-order valence-corrected chi connectivity index (χ3v) is 2.82. The maximum Gasteiger partial charge on any atom is 0.239 e. The molecule has 0 aromatic rings. The molecule has 0 spiro atoms. The molecule has 3 nitrogen and oxygen atoms in total. The van der Waals surface area contributed by atoms with Crippen LogP contribution in [0.5, 0.6) is 0 Å². The lowest BCUT2D eigenvalue weighted by Crippen LogP contribution is -2.47. The molecule has 2 N–H and O–H groups in total. The highest BCUT2D eigenvalue weighted by atomic mass is 16.2. The van der Waals surface area contributed by atoms with E-state index in [1.54, 1.807) is 0 Å². The molecule has 0 saturated heterocycles. The Morgan fingerprint density at radius 3 is 2.43 bits per heavy atom. The van der Waals surface area contributed by atoms with E-state index in [0.29, 0.717) is 0 Å². The number of hydrogen-bond donors (Lipinski definition) is 1. The zero-order chi connectivity index (χ0) is 10.7. The maximum atomic E-state index is 11.9. The summed E-state index contributed by atoms with van der Waals surface area (Å²) in [7, 11) is 0. The Morgan fingerprint density at radius 2 is 2.07 bits per heavy atom. The Hall–Kier alpha value is -0.570. The largest absolute Gasteiger partial charge is 0.339 e. The highest BCUT2D eigenvalue weighted by Crippen LogP contribution is 2.30. The van der Waals surface area contributed by atoms with Crippen LogP contribution >= 0.6 is 0 Å². The molecule has 0 radical (unpaired) electrons. The van der Waals surface area contributed by atoms with Crippen LogP contribution in [0.3, 0.4) is 0 Å². The predicted octanol–water partition coefficient (Wildman–Crippen LogP) is 1.37. The molecule has 0 bridgehead atoms. The summed E-state index contributed by atoms with van der Waals surface area (Å²) in [6.45, 7) is 6.98. The van der Waals surface area contributed by atoms with Gasteiger partial charge in [0.1, 0.15) is 0 Å². The Labute approximate surface area is 86.6 Å². The lowest BCUT2D eigenvalue weighted by atomic mass is 10.1. The highest BCUT2D eigenvalue weighted by molar-refractivity contribution is 5.81. The number of rotatable bonds is 5. The van der Waals surface area contributed by atoms with Gasteiger partial charge in [0.15, 0.2) is 0 Å². The van der Waals surface area contributed by atoms with Crippen LogP contribution < -0.4 is 5.73 Å². The summed E-state index contributed by atoms with van der Waals surface area (Å²) in [4.78, 5) is 13.8. The Bertz CT molecular complexity index is 199. The van der Waals surface area contributed by atoms with Crippen molar-refractivity contribution in [2.24, 2.45) is 11.7 Å². The number of amides is 1. The van der Waals surface area contributed by atoms with Crippen LogP contribution in [-0.4, -0.2) is 29.4 Å². The molecule has 3 heteroatoms. The minimum Gasteiger partial charge on any atom is -0.339 e. The number of carbonyl (C=O) groups excluding carboxylic acids is 1. The first-order valence-electron chi connectivity index (χ1n) is 5.62. The molecule has 0 heterocycles. The third-order valence-electron chi connectivity index (χ3n) is 2.82. The zero-order valence-corrected chi connectivity index (χ0v) is 9.49. The van der Waals surface area contributed by atoms with Crippen molar-refractivity contribution in [3.05, 3.63) is 0 Å². The molecule has 0 aromatic carbocycles. The van der Waals surface area contributed by atoms with E-state index in [4.69, 9.17) is 5.73 Å². The van der Waals surface area contributed by atoms with Crippen molar-refractivity contribution in [2.75, 3.05) is 6.54 Å². The van der Waals surface area contributed by atoms with Gasteiger partial charge < -0.3 is 10.6 Å². The Kier molecular flexibility index (Phi) is 3.93. The average molecular weight is 198 g/mol. The summed E-state index contributed by atoms with van der Waals surface area (Å²) in [5.41, 5.74) is 5.76. The van der Waals surface area contributed by atoms with E-state index in [0.717, 1.165) is 18.9 Å². The fraction of sp³-hybridized carbons (Fsp3) is 0.909. The van der Waals surface area contributed by atoms with Crippen LogP contribution in [0.15, 0.2) is 0 Å². The van der Waals surface area contributed by atoms with E-state index in [-0.39, 0.29) is 18.0 Å². The van der Waals surface area contributed by atoms with Gasteiger partial charge in [-0.1, -0.05) is 6.92 Å². The molecule has 1 unspecified atom stereocenters. The Morgan fingerprint density at radius 1 is 1.50 bits per heavy atom. The van der Waals surface area contributed by atoms with Gasteiger partial charge in [-0.3, -0.25) is 4.79 Å². The fourth-order valence-electron chi connectivity index (χ4n) is 1.52. The van der Waals surface area contributed by atoms with Gasteiger partial charge in [-0.2, -0.15) is 0 Å². The minimum absolute atomic E-state index is 0.120. The number of nitrogens with two attached hydrogens (primary N) is 1. The van der Waals surface area contributed by atoms with Crippen molar-refractivity contribution in [2.45, 2.75) is 52.1 Å². The summed E-state index contributed by atoms with van der Waals surface area (Å²) >= 11 is 0. The number of hydrogen-bond acceptors (Lipinski definition) is 2. The third kappa shape index (κ3) is 2.98. The first-order valence-corrected chi connectivity index (χ1v) is 5.62. The molecule has 1 amide bonds. The summed E-state index contributed by atoms with van der Waals surface area (Å²) in [5.74, 6) is 0.861. The second kappa shape index (κ2) is 4.78. The molecular weight excluding hydrogens is 176 g/mol. The molecule has 1 aliphatic rings. The van der Waals surface area contributed by atoms with Crippen molar-refractivity contribution < 1.29 is 4.79 Å². The van der Waals surface area contributed by atoms with E-state index >= 15 is 0 Å². The van der Waals surface area contributed by atoms with Crippen molar-refractivity contribution in [1.29, 1.82) is 0 Å². The first-order chi connectivity index (χ1) is 6.56. The first kappa shape index (κ1) is 11.5. The van der Waals surface area contributed by atoms with Gasteiger partial charge in [-0.25, -0.2) is 0 Å². The molecule has 82 valence electrons. The maximum absolute atomic E-state index is 11.9. The summed E-state index contributed by atoms with van der Waals surface area (Å²) in [5, 5.41) is 0. The SMILES string of the molecule is CCC(N)C(=O)N(CC1CC1)C(C)C. The standard InChI is InChI=1S/C11H22N2O/c1-4-10(12)11(14)13(8(2)3)7-9-5-6-9/h8-10H,4-7,12H2,1-3H3. The smallest absolute Gasteiger partial charge is 0.239 e. The summed E-state index contributed by atoms with van der Waals surface area (Å²) in [6.07, 6.45) is 3.28. The van der Waals surface area contributed by atoms with Gasteiger partial charge in [0.05, 0.1) is 6.04 Å². The molecule has 1 atom stereocenters. The molecular formula is C11H22N2O. The molecule has 1 fully saturated rings. The van der Waals surface area contributed by atoms with Gasteiger partial charge in [0, 0.05) is 12.6 Å².